The summed E-state index contributed by atoms with van der Waals surface area (Å²) in [6.07, 6.45) is 10.2. The molecule has 0 aliphatic heterocycles. The van der Waals surface area contributed by atoms with E-state index in [1.54, 1.807) is 0 Å². The van der Waals surface area contributed by atoms with Gasteiger partial charge in [-0.1, -0.05) is 91.7 Å². The maximum absolute atomic E-state index is 12.7. The number of rotatable bonds is 9. The zero-order valence-corrected chi connectivity index (χ0v) is 22.7. The zero-order valence-electron chi connectivity index (χ0n) is 21.8. The van der Waals surface area contributed by atoms with Crippen LogP contribution in [-0.2, 0) is 4.79 Å². The Morgan fingerprint density at radius 3 is 2.05 bits per heavy atom. The molecule has 0 spiro atoms. The molecule has 0 aromatic heterocycles. The van der Waals surface area contributed by atoms with E-state index in [0.29, 0.717) is 11.4 Å². The summed E-state index contributed by atoms with van der Waals surface area (Å²) in [4.78, 5) is 37.0. The molecule has 4 atom stereocenters. The van der Waals surface area contributed by atoms with Gasteiger partial charge in [0.2, 0.25) is 5.91 Å². The minimum atomic E-state index is -0.760. The predicted molar refractivity (Wildman–Crippen MR) is 158 cm³/mol. The van der Waals surface area contributed by atoms with Crippen molar-refractivity contribution >= 4 is 35.8 Å². The van der Waals surface area contributed by atoms with Crippen LogP contribution in [0.1, 0.15) is 39.5 Å². The standard InChI is InChI=1S/C31H34N3O3P/c1-20(32-28-29(31(37)30(28)36)34-26-18-10-9-17-25(26)33-21(2)35)24-16-11-19-27(24)38(22-12-5-3-6-13-22)23-14-7-4-8-15-23/h3-8,11-16,19-20,24-26,32,34H,9-10,17-18H2,1-2H3,(H,33,35)/t20-,24+,25+,26+/m1/s1. The van der Waals surface area contributed by atoms with Crippen molar-refractivity contribution in [2.24, 2.45) is 5.92 Å². The van der Waals surface area contributed by atoms with Gasteiger partial charge < -0.3 is 16.0 Å². The second-order valence-electron chi connectivity index (χ2n) is 10.2. The van der Waals surface area contributed by atoms with Gasteiger partial charge in [-0.15, -0.1) is 0 Å². The lowest BCUT2D eigenvalue weighted by Gasteiger charge is -2.34. The number of carbonyl (C=O) groups is 1. The first-order chi connectivity index (χ1) is 18.4. The first kappa shape index (κ1) is 26.1. The van der Waals surface area contributed by atoms with Crippen molar-refractivity contribution in [1.29, 1.82) is 0 Å². The molecule has 2 aliphatic carbocycles. The quantitative estimate of drug-likeness (QED) is 0.288. The summed E-state index contributed by atoms with van der Waals surface area (Å²) in [5, 5.41) is 13.6. The maximum atomic E-state index is 12.7. The van der Waals surface area contributed by atoms with Crippen LogP contribution in [0.4, 0.5) is 11.4 Å². The molecule has 2 aliphatic rings. The van der Waals surface area contributed by atoms with Crippen LogP contribution in [0.5, 0.6) is 0 Å². The summed E-state index contributed by atoms with van der Waals surface area (Å²) >= 11 is 0. The molecule has 6 nitrogen and oxygen atoms in total. The van der Waals surface area contributed by atoms with Crippen molar-refractivity contribution in [3.8, 4) is 0 Å². The lowest BCUT2D eigenvalue weighted by atomic mass is 9.89. The number of benzene rings is 2. The number of nitrogens with one attached hydrogen (secondary N) is 3. The number of hydrogen-bond donors (Lipinski definition) is 3. The second-order valence-corrected chi connectivity index (χ2v) is 12.4. The Bertz CT molecular complexity index is 1370. The van der Waals surface area contributed by atoms with Gasteiger partial charge in [0.15, 0.2) is 0 Å². The minimum absolute atomic E-state index is 0.0523. The third-order valence-electron chi connectivity index (χ3n) is 7.52. The van der Waals surface area contributed by atoms with Gasteiger partial charge in [0.25, 0.3) is 10.9 Å². The largest absolute Gasteiger partial charge is 0.377 e. The van der Waals surface area contributed by atoms with Crippen LogP contribution >= 0.6 is 7.92 Å². The van der Waals surface area contributed by atoms with Crippen molar-refractivity contribution < 1.29 is 4.79 Å². The zero-order chi connectivity index (χ0) is 26.6. The van der Waals surface area contributed by atoms with Gasteiger partial charge in [0, 0.05) is 31.0 Å². The Kier molecular flexibility index (Phi) is 7.90. The fourth-order valence-corrected chi connectivity index (χ4v) is 8.32. The molecular formula is C31H34N3O3P. The van der Waals surface area contributed by atoms with Crippen molar-refractivity contribution in [3.63, 3.8) is 0 Å². The van der Waals surface area contributed by atoms with Crippen LogP contribution in [0.15, 0.2) is 93.8 Å². The molecule has 7 heteroatoms. The number of carbonyl (C=O) groups excluding carboxylic acids is 1. The molecule has 5 rings (SSSR count). The first-order valence-corrected chi connectivity index (χ1v) is 14.7. The summed E-state index contributed by atoms with van der Waals surface area (Å²) < 4.78 is 0. The minimum Gasteiger partial charge on any atom is -0.377 e. The molecule has 0 unspecified atom stereocenters. The molecule has 196 valence electrons. The van der Waals surface area contributed by atoms with E-state index in [1.807, 2.05) is 12.1 Å². The van der Waals surface area contributed by atoms with Gasteiger partial charge in [-0.25, -0.2) is 0 Å². The normalized spacial score (nSPS) is 21.8. The fraction of sp³-hybridized carbons (Fsp3) is 0.323. The molecule has 0 saturated heterocycles. The fourth-order valence-electron chi connectivity index (χ4n) is 5.64. The number of allylic oxidation sites excluding steroid dienone is 2. The molecule has 1 amide bonds. The van der Waals surface area contributed by atoms with Crippen molar-refractivity contribution in [3.05, 3.63) is 105 Å². The molecule has 3 aromatic rings. The van der Waals surface area contributed by atoms with Gasteiger partial charge >= 0.3 is 0 Å². The summed E-state index contributed by atoms with van der Waals surface area (Å²) in [6.45, 7) is 3.58. The topological polar surface area (TPSA) is 87.3 Å². The lowest BCUT2D eigenvalue weighted by Crippen LogP contribution is -2.50. The van der Waals surface area contributed by atoms with Crippen molar-refractivity contribution in [2.45, 2.75) is 57.7 Å². The number of amides is 1. The smallest absolute Gasteiger partial charge is 0.253 e. The lowest BCUT2D eigenvalue weighted by molar-refractivity contribution is -0.119. The Morgan fingerprint density at radius 1 is 0.868 bits per heavy atom. The number of hydrogen-bond acceptors (Lipinski definition) is 5. The van der Waals surface area contributed by atoms with Crippen LogP contribution in [0.25, 0.3) is 0 Å². The Labute approximate surface area is 224 Å². The van der Waals surface area contributed by atoms with Gasteiger partial charge in [-0.2, -0.15) is 0 Å². The van der Waals surface area contributed by atoms with E-state index in [1.165, 1.54) is 22.8 Å². The van der Waals surface area contributed by atoms with Gasteiger partial charge in [-0.05, 0) is 43.6 Å². The summed E-state index contributed by atoms with van der Waals surface area (Å²) in [7, 11) is -0.760. The van der Waals surface area contributed by atoms with Gasteiger partial charge in [0.1, 0.15) is 11.4 Å². The summed E-state index contributed by atoms with van der Waals surface area (Å²) in [5.41, 5.74) is -0.254. The molecule has 1 saturated carbocycles. The molecule has 0 radical (unpaired) electrons. The Balaban J connectivity index is 1.37. The molecular weight excluding hydrogens is 493 g/mol. The van der Waals surface area contributed by atoms with E-state index in [9.17, 15) is 14.4 Å². The van der Waals surface area contributed by atoms with Crippen molar-refractivity contribution in [1.82, 2.24) is 5.32 Å². The molecule has 1 fully saturated rings. The van der Waals surface area contributed by atoms with E-state index < -0.39 is 18.8 Å². The van der Waals surface area contributed by atoms with Gasteiger partial charge in [-0.3, -0.25) is 14.4 Å². The van der Waals surface area contributed by atoms with E-state index in [2.05, 4.69) is 89.6 Å². The highest BCUT2D eigenvalue weighted by Crippen LogP contribution is 2.50. The predicted octanol–water partition coefficient (Wildman–Crippen LogP) is 4.15. The average Bonchev–Trinajstić information content (AvgIpc) is 3.42. The highest BCUT2D eigenvalue weighted by atomic mass is 31.1. The van der Waals surface area contributed by atoms with E-state index >= 15 is 0 Å². The van der Waals surface area contributed by atoms with Crippen molar-refractivity contribution in [2.75, 3.05) is 10.6 Å². The SMILES string of the molecule is CC(=O)N[C@H]1CCCC[C@@H]1Nc1c(N[C@H](C)[C@@H]2C=CC=C2P(c2ccccc2)c2ccccc2)c(=O)c1=O. The van der Waals surface area contributed by atoms with Crippen LogP contribution in [0.3, 0.4) is 0 Å². The van der Waals surface area contributed by atoms with Crippen LogP contribution in [0.2, 0.25) is 0 Å². The monoisotopic (exact) mass is 527 g/mol. The second kappa shape index (κ2) is 11.5. The Hall–Kier alpha value is -3.50. The van der Waals surface area contributed by atoms with Crippen LogP contribution in [0, 0.1) is 5.92 Å². The van der Waals surface area contributed by atoms with E-state index in [-0.39, 0.29) is 30.0 Å². The average molecular weight is 528 g/mol. The van der Waals surface area contributed by atoms with Gasteiger partial charge in [0.05, 0.1) is 0 Å². The van der Waals surface area contributed by atoms with Crippen LogP contribution < -0.4 is 37.4 Å². The molecule has 38 heavy (non-hydrogen) atoms. The molecule has 0 bridgehead atoms. The first-order valence-electron chi connectivity index (χ1n) is 13.4. The van der Waals surface area contributed by atoms with E-state index in [4.69, 9.17) is 0 Å². The molecule has 3 aromatic carbocycles. The van der Waals surface area contributed by atoms with E-state index in [0.717, 1.165) is 25.7 Å². The molecule has 3 N–H and O–H groups in total. The maximum Gasteiger partial charge on any atom is 0.253 e. The summed E-state index contributed by atoms with van der Waals surface area (Å²) in [6, 6.07) is 20.9. The summed E-state index contributed by atoms with van der Waals surface area (Å²) in [5.74, 6) is -0.0121. The highest BCUT2D eigenvalue weighted by molar-refractivity contribution is 7.76. The third kappa shape index (κ3) is 5.37. The third-order valence-corrected chi connectivity index (χ3v) is 10.1. The highest BCUT2D eigenvalue weighted by Gasteiger charge is 2.33. The molecule has 0 heterocycles. The number of anilines is 2. The van der Waals surface area contributed by atoms with Crippen LogP contribution in [-0.4, -0.2) is 24.0 Å². The Morgan fingerprint density at radius 2 is 1.45 bits per heavy atom.